The van der Waals surface area contributed by atoms with Crippen LogP contribution in [0, 0.1) is 5.82 Å². The Morgan fingerprint density at radius 2 is 1.46 bits per heavy atom. The molecule has 35 heavy (non-hydrogen) atoms. The van der Waals surface area contributed by atoms with E-state index in [0.717, 1.165) is 30.5 Å². The Labute approximate surface area is 197 Å². The molecule has 1 amide bonds. The van der Waals surface area contributed by atoms with Gasteiger partial charge in [0.05, 0.1) is 4.90 Å². The zero-order chi connectivity index (χ0) is 25.4. The topological polar surface area (TPSA) is 81.1 Å². The van der Waals surface area contributed by atoms with Crippen LogP contribution in [0.25, 0.3) is 22.4 Å². The Hall–Kier alpha value is -3.99. The van der Waals surface area contributed by atoms with E-state index < -0.39 is 39.1 Å². The Morgan fingerprint density at radius 3 is 2.00 bits per heavy atom. The van der Waals surface area contributed by atoms with Crippen molar-refractivity contribution < 1.29 is 30.8 Å². The maximum absolute atomic E-state index is 14.3. The van der Waals surface area contributed by atoms with Crippen LogP contribution in [-0.4, -0.2) is 30.5 Å². The smallest absolute Gasteiger partial charge is 0.306 e. The molecule has 0 unspecified atom stereocenters. The molecule has 1 heterocycles. The quantitative estimate of drug-likeness (QED) is 0.354. The van der Waals surface area contributed by atoms with Crippen LogP contribution in [-0.2, 0) is 16.0 Å². The molecule has 0 saturated carbocycles. The lowest BCUT2D eigenvalue weighted by Gasteiger charge is -2.13. The van der Waals surface area contributed by atoms with Crippen LogP contribution < -0.4 is 5.32 Å². The summed E-state index contributed by atoms with van der Waals surface area (Å²) in [5.41, 5.74) is -1.68. The average Bonchev–Trinajstić information content (AvgIpc) is 3.21. The third-order valence-corrected chi connectivity index (χ3v) is 6.19. The van der Waals surface area contributed by atoms with Crippen molar-refractivity contribution in [2.75, 3.05) is 11.6 Å². The number of alkyl halides is 3. The molecule has 0 fully saturated rings. The van der Waals surface area contributed by atoms with E-state index in [1.54, 1.807) is 18.2 Å². The fourth-order valence-electron chi connectivity index (χ4n) is 3.48. The molecule has 0 radical (unpaired) electrons. The minimum Gasteiger partial charge on any atom is -0.306 e. The van der Waals surface area contributed by atoms with Gasteiger partial charge in [-0.2, -0.15) is 23.0 Å². The monoisotopic (exact) mass is 503 g/mol. The minimum atomic E-state index is -5.02. The summed E-state index contributed by atoms with van der Waals surface area (Å²) in [5, 5.41) is 6.35. The summed E-state index contributed by atoms with van der Waals surface area (Å²) < 4.78 is 80.3. The van der Waals surface area contributed by atoms with Crippen LogP contribution >= 0.6 is 0 Å². The van der Waals surface area contributed by atoms with Crippen molar-refractivity contribution in [3.8, 4) is 22.4 Å². The van der Waals surface area contributed by atoms with Gasteiger partial charge in [0, 0.05) is 23.1 Å². The van der Waals surface area contributed by atoms with Crippen molar-refractivity contribution in [1.29, 1.82) is 0 Å². The number of sulfone groups is 1. The Morgan fingerprint density at radius 1 is 0.886 bits per heavy atom. The Bertz CT molecular complexity index is 1480. The first-order chi connectivity index (χ1) is 16.4. The van der Waals surface area contributed by atoms with E-state index in [1.165, 1.54) is 36.4 Å². The lowest BCUT2D eigenvalue weighted by molar-refractivity contribution is -0.142. The largest absolute Gasteiger partial charge is 0.434 e. The van der Waals surface area contributed by atoms with Crippen molar-refractivity contribution in [1.82, 2.24) is 9.78 Å². The minimum absolute atomic E-state index is 0.0281. The van der Waals surface area contributed by atoms with Gasteiger partial charge in [0.1, 0.15) is 11.5 Å². The molecule has 0 bridgehead atoms. The number of benzene rings is 3. The highest BCUT2D eigenvalue weighted by atomic mass is 32.2. The molecule has 0 spiro atoms. The highest BCUT2D eigenvalue weighted by Gasteiger charge is 2.42. The summed E-state index contributed by atoms with van der Waals surface area (Å²) in [6, 6.07) is 16.1. The standard InChI is InChI=1S/C24H17F4N3O3S/c1-35(33,34)19-13-9-16(10-14-19)21-20(15-7-11-17(25)12-8-15)22(24(26,27)28)31(30-21)23(32)29-18-5-3-2-4-6-18/h2-14H,1H3,(H,29,32). The lowest BCUT2D eigenvalue weighted by atomic mass is 9.98. The molecule has 0 atom stereocenters. The van der Waals surface area contributed by atoms with E-state index in [9.17, 15) is 30.8 Å². The zero-order valence-electron chi connectivity index (χ0n) is 18.0. The van der Waals surface area contributed by atoms with Crippen molar-refractivity contribution in [2.45, 2.75) is 11.1 Å². The van der Waals surface area contributed by atoms with Gasteiger partial charge in [0.15, 0.2) is 15.5 Å². The molecule has 0 aliphatic rings. The van der Waals surface area contributed by atoms with E-state index in [0.29, 0.717) is 0 Å². The zero-order valence-corrected chi connectivity index (χ0v) is 18.9. The first kappa shape index (κ1) is 24.1. The predicted octanol–water partition coefficient (Wildman–Crippen LogP) is 5.86. The van der Waals surface area contributed by atoms with E-state index in [1.807, 2.05) is 0 Å². The molecule has 4 aromatic rings. The molecule has 3 aromatic carbocycles. The molecule has 0 aliphatic carbocycles. The summed E-state index contributed by atoms with van der Waals surface area (Å²) in [4.78, 5) is 12.9. The average molecular weight is 503 g/mol. The number of hydrogen-bond acceptors (Lipinski definition) is 4. The molecule has 0 aliphatic heterocycles. The van der Waals surface area contributed by atoms with Gasteiger partial charge >= 0.3 is 12.2 Å². The summed E-state index contributed by atoms with van der Waals surface area (Å²) in [6.45, 7) is 0. The number of para-hydroxylation sites is 1. The second-order valence-corrected chi connectivity index (χ2v) is 9.60. The summed E-state index contributed by atoms with van der Waals surface area (Å²) in [6.07, 6.45) is -4.02. The van der Waals surface area contributed by atoms with Gasteiger partial charge in [-0.05, 0) is 42.0 Å². The Kier molecular flexibility index (Phi) is 6.20. The predicted molar refractivity (Wildman–Crippen MR) is 122 cm³/mol. The maximum Gasteiger partial charge on any atom is 0.434 e. The summed E-state index contributed by atoms with van der Waals surface area (Å²) >= 11 is 0. The van der Waals surface area contributed by atoms with Crippen molar-refractivity contribution >= 4 is 21.6 Å². The molecule has 180 valence electrons. The van der Waals surface area contributed by atoms with Gasteiger partial charge in [-0.1, -0.05) is 42.5 Å². The molecule has 6 nitrogen and oxygen atoms in total. The van der Waals surface area contributed by atoms with Crippen molar-refractivity contribution in [3.05, 3.63) is 90.4 Å². The van der Waals surface area contributed by atoms with Crippen molar-refractivity contribution in [2.24, 2.45) is 0 Å². The van der Waals surface area contributed by atoms with Gasteiger partial charge < -0.3 is 5.32 Å². The third kappa shape index (κ3) is 5.09. The Balaban J connectivity index is 1.95. The van der Waals surface area contributed by atoms with Gasteiger partial charge in [-0.15, -0.1) is 0 Å². The molecule has 1 N–H and O–H groups in total. The number of nitrogens with one attached hydrogen (secondary N) is 1. The van der Waals surface area contributed by atoms with Crippen LogP contribution in [0.4, 0.5) is 28.0 Å². The van der Waals surface area contributed by atoms with Gasteiger partial charge in [-0.3, -0.25) is 0 Å². The number of carbonyl (C=O) groups excluding carboxylic acids is 1. The highest BCUT2D eigenvalue weighted by molar-refractivity contribution is 7.90. The first-order valence-electron chi connectivity index (χ1n) is 10.1. The second-order valence-electron chi connectivity index (χ2n) is 7.58. The number of hydrogen-bond donors (Lipinski definition) is 1. The molecular weight excluding hydrogens is 486 g/mol. The molecule has 0 saturated heterocycles. The van der Waals surface area contributed by atoms with Gasteiger partial charge in [0.25, 0.3) is 0 Å². The molecule has 4 rings (SSSR count). The van der Waals surface area contributed by atoms with Crippen LogP contribution in [0.15, 0.2) is 83.8 Å². The normalized spacial score (nSPS) is 11.9. The lowest BCUT2D eigenvalue weighted by Crippen LogP contribution is -2.26. The van der Waals surface area contributed by atoms with E-state index in [4.69, 9.17) is 0 Å². The highest BCUT2D eigenvalue weighted by Crippen LogP contribution is 2.43. The van der Waals surface area contributed by atoms with Crippen LogP contribution in [0.5, 0.6) is 0 Å². The number of carbonyl (C=O) groups is 1. The third-order valence-electron chi connectivity index (χ3n) is 5.06. The fraction of sp³-hybridized carbons (Fsp3) is 0.0833. The number of nitrogens with zero attached hydrogens (tertiary/aromatic N) is 2. The number of anilines is 1. The summed E-state index contributed by atoms with van der Waals surface area (Å²) in [7, 11) is -3.55. The number of rotatable bonds is 4. The first-order valence-corrected chi connectivity index (χ1v) is 12.0. The van der Waals surface area contributed by atoms with E-state index in [-0.39, 0.29) is 32.1 Å². The van der Waals surface area contributed by atoms with Gasteiger partial charge in [0.2, 0.25) is 0 Å². The van der Waals surface area contributed by atoms with E-state index >= 15 is 0 Å². The molecule has 1 aromatic heterocycles. The van der Waals surface area contributed by atoms with Crippen LogP contribution in [0.1, 0.15) is 5.69 Å². The number of aromatic nitrogens is 2. The maximum atomic E-state index is 14.3. The number of amides is 1. The molecular formula is C24H17F4N3O3S. The van der Waals surface area contributed by atoms with Crippen molar-refractivity contribution in [3.63, 3.8) is 0 Å². The second kappa shape index (κ2) is 8.99. The summed E-state index contributed by atoms with van der Waals surface area (Å²) in [5.74, 6) is -0.657. The molecule has 11 heteroatoms. The van der Waals surface area contributed by atoms with Crippen LogP contribution in [0.2, 0.25) is 0 Å². The number of halogens is 4. The van der Waals surface area contributed by atoms with Crippen LogP contribution in [0.3, 0.4) is 0 Å². The van der Waals surface area contributed by atoms with E-state index in [2.05, 4.69) is 10.4 Å². The fourth-order valence-corrected chi connectivity index (χ4v) is 4.11. The van der Waals surface area contributed by atoms with Gasteiger partial charge in [-0.25, -0.2) is 17.6 Å². The SMILES string of the molecule is CS(=O)(=O)c1ccc(-c2nn(C(=O)Nc3ccccc3)c(C(F)(F)F)c2-c2ccc(F)cc2)cc1.